The number of ether oxygens (including phenoxy) is 1. The summed E-state index contributed by atoms with van der Waals surface area (Å²) in [5, 5.41) is 3.17. The fourth-order valence-corrected chi connectivity index (χ4v) is 3.08. The quantitative estimate of drug-likeness (QED) is 0.859. The van der Waals surface area contributed by atoms with Crippen LogP contribution in [0, 0.1) is 0 Å². The van der Waals surface area contributed by atoms with Crippen LogP contribution in [-0.2, 0) is 4.74 Å². The van der Waals surface area contributed by atoms with E-state index < -0.39 is 0 Å². The average molecular weight is 329 g/mol. The summed E-state index contributed by atoms with van der Waals surface area (Å²) in [7, 11) is 0. The van der Waals surface area contributed by atoms with E-state index in [-0.39, 0.29) is 11.7 Å². The molecule has 2 saturated heterocycles. The van der Waals surface area contributed by atoms with Crippen LogP contribution in [0.1, 0.15) is 12.8 Å². The maximum absolute atomic E-state index is 11.4. The van der Waals surface area contributed by atoms with Crippen LogP contribution in [0.3, 0.4) is 0 Å². The summed E-state index contributed by atoms with van der Waals surface area (Å²) < 4.78 is 6.29. The number of halogens is 1. The highest BCUT2D eigenvalue weighted by Crippen LogP contribution is 2.23. The molecule has 2 atom stereocenters. The lowest BCUT2D eigenvalue weighted by molar-refractivity contribution is -0.0416. The molecule has 2 aliphatic heterocycles. The van der Waals surface area contributed by atoms with Gasteiger partial charge in [-0.25, -0.2) is 4.98 Å². The van der Waals surface area contributed by atoms with Crippen molar-refractivity contribution in [2.24, 2.45) is 0 Å². The Hall–Kier alpha value is -0.920. The summed E-state index contributed by atoms with van der Waals surface area (Å²) in [6.07, 6.45) is 4.08. The molecular formula is C12H17BrN4O2. The van der Waals surface area contributed by atoms with Gasteiger partial charge in [0.1, 0.15) is 10.3 Å². The van der Waals surface area contributed by atoms with Crippen molar-refractivity contribution in [3.8, 4) is 0 Å². The molecule has 0 aromatic carbocycles. The molecule has 19 heavy (non-hydrogen) atoms. The van der Waals surface area contributed by atoms with Gasteiger partial charge in [-0.05, 0) is 35.3 Å². The first-order valence-electron chi connectivity index (χ1n) is 6.57. The van der Waals surface area contributed by atoms with Crippen LogP contribution in [0.2, 0.25) is 0 Å². The maximum atomic E-state index is 11.4. The molecule has 0 amide bonds. The Labute approximate surface area is 119 Å². The van der Waals surface area contributed by atoms with Gasteiger partial charge in [0.2, 0.25) is 0 Å². The summed E-state index contributed by atoms with van der Waals surface area (Å²) >= 11 is 3.23. The Balaban J connectivity index is 1.57. The van der Waals surface area contributed by atoms with Gasteiger partial charge in [0.25, 0.3) is 5.56 Å². The normalized spacial score (nSPS) is 27.2. The average Bonchev–Trinajstić information content (AvgIpc) is 2.88. The highest BCUT2D eigenvalue weighted by molar-refractivity contribution is 9.10. The molecule has 6 nitrogen and oxygen atoms in total. The third-order valence-electron chi connectivity index (χ3n) is 3.76. The molecule has 0 saturated carbocycles. The molecule has 2 aliphatic rings. The third-order valence-corrected chi connectivity index (χ3v) is 4.49. The molecule has 0 bridgehead atoms. The largest absolute Gasteiger partial charge is 0.373 e. The van der Waals surface area contributed by atoms with Crippen LogP contribution >= 0.6 is 15.9 Å². The first-order valence-corrected chi connectivity index (χ1v) is 7.36. The van der Waals surface area contributed by atoms with Crippen LogP contribution in [-0.4, -0.2) is 53.3 Å². The lowest BCUT2D eigenvalue weighted by atomic mass is 10.2. The number of hydrogen-bond donors (Lipinski definition) is 2. The summed E-state index contributed by atoms with van der Waals surface area (Å²) in [4.78, 5) is 20.5. The number of nitrogens with zero attached hydrogens (tertiary/aromatic N) is 2. The standard InChI is InChI=1S/C12H17BrN4O2/c13-10-11(15-7-16-12(10)18)14-4-9-5-17-3-1-2-8(17)6-19-9/h7-9H,1-6H2,(H2,14,15,16,18). The number of morpholine rings is 1. The molecule has 7 heteroatoms. The first-order chi connectivity index (χ1) is 9.24. The Morgan fingerprint density at radius 2 is 2.53 bits per heavy atom. The van der Waals surface area contributed by atoms with E-state index >= 15 is 0 Å². The highest BCUT2D eigenvalue weighted by Gasteiger charge is 2.32. The smallest absolute Gasteiger partial charge is 0.267 e. The van der Waals surface area contributed by atoms with E-state index in [0.717, 1.165) is 13.2 Å². The van der Waals surface area contributed by atoms with Crippen LogP contribution < -0.4 is 10.9 Å². The number of fused-ring (bicyclic) bond motifs is 1. The topological polar surface area (TPSA) is 70.2 Å². The van der Waals surface area contributed by atoms with Gasteiger partial charge in [0.05, 0.1) is 19.0 Å². The summed E-state index contributed by atoms with van der Waals surface area (Å²) in [6.45, 7) is 3.62. The molecule has 0 aliphatic carbocycles. The molecule has 2 fully saturated rings. The van der Waals surface area contributed by atoms with Crippen molar-refractivity contribution in [1.29, 1.82) is 0 Å². The molecular weight excluding hydrogens is 312 g/mol. The van der Waals surface area contributed by atoms with Gasteiger partial charge in [-0.1, -0.05) is 0 Å². The predicted molar refractivity (Wildman–Crippen MR) is 75.4 cm³/mol. The number of aromatic nitrogens is 2. The van der Waals surface area contributed by atoms with E-state index in [0.29, 0.717) is 22.9 Å². The molecule has 3 heterocycles. The van der Waals surface area contributed by atoms with Crippen molar-refractivity contribution in [2.45, 2.75) is 25.0 Å². The number of nitrogens with one attached hydrogen (secondary N) is 2. The monoisotopic (exact) mass is 328 g/mol. The second kappa shape index (κ2) is 5.60. The molecule has 104 valence electrons. The second-order valence-electron chi connectivity index (χ2n) is 5.02. The number of hydrogen-bond acceptors (Lipinski definition) is 5. The fourth-order valence-electron chi connectivity index (χ4n) is 2.73. The van der Waals surface area contributed by atoms with E-state index in [4.69, 9.17) is 4.74 Å². The number of H-pyrrole nitrogens is 1. The first kappa shape index (κ1) is 13.1. The fraction of sp³-hybridized carbons (Fsp3) is 0.667. The summed E-state index contributed by atoms with van der Waals surface area (Å²) in [5.74, 6) is 0.566. The van der Waals surface area contributed by atoms with Crippen LogP contribution in [0.25, 0.3) is 0 Å². The van der Waals surface area contributed by atoms with Crippen molar-refractivity contribution in [3.05, 3.63) is 21.2 Å². The third kappa shape index (κ3) is 2.82. The van der Waals surface area contributed by atoms with Crippen molar-refractivity contribution < 1.29 is 4.74 Å². The lowest BCUT2D eigenvalue weighted by Crippen LogP contribution is -2.48. The van der Waals surface area contributed by atoms with Gasteiger partial charge in [-0.15, -0.1) is 0 Å². The number of rotatable bonds is 3. The minimum absolute atomic E-state index is 0.155. The van der Waals surface area contributed by atoms with Crippen molar-refractivity contribution >= 4 is 21.7 Å². The van der Waals surface area contributed by atoms with Crippen LogP contribution in [0.4, 0.5) is 5.82 Å². The molecule has 0 radical (unpaired) electrons. The van der Waals surface area contributed by atoms with Gasteiger partial charge in [-0.3, -0.25) is 9.69 Å². The van der Waals surface area contributed by atoms with E-state index in [1.807, 2.05) is 0 Å². The molecule has 3 rings (SSSR count). The van der Waals surface area contributed by atoms with Gasteiger partial charge >= 0.3 is 0 Å². The van der Waals surface area contributed by atoms with Crippen molar-refractivity contribution in [3.63, 3.8) is 0 Å². The number of aromatic amines is 1. The maximum Gasteiger partial charge on any atom is 0.267 e. The zero-order valence-electron chi connectivity index (χ0n) is 10.6. The van der Waals surface area contributed by atoms with E-state index in [2.05, 4.69) is 36.1 Å². The molecule has 1 aromatic rings. The van der Waals surface area contributed by atoms with Gasteiger partial charge < -0.3 is 15.0 Å². The molecule has 1 aromatic heterocycles. The predicted octanol–water partition coefficient (Wildman–Crippen LogP) is 0.807. The van der Waals surface area contributed by atoms with Crippen molar-refractivity contribution in [1.82, 2.24) is 14.9 Å². The van der Waals surface area contributed by atoms with Gasteiger partial charge in [-0.2, -0.15) is 0 Å². The highest BCUT2D eigenvalue weighted by atomic mass is 79.9. The SMILES string of the molecule is O=c1[nH]cnc(NCC2CN3CCCC3CO2)c1Br. The second-order valence-corrected chi connectivity index (χ2v) is 5.81. The summed E-state index contributed by atoms with van der Waals surface area (Å²) in [6, 6.07) is 0.612. The minimum atomic E-state index is -0.179. The van der Waals surface area contributed by atoms with Crippen LogP contribution in [0.5, 0.6) is 0 Å². The summed E-state index contributed by atoms with van der Waals surface area (Å²) in [5.41, 5.74) is -0.179. The van der Waals surface area contributed by atoms with E-state index in [1.165, 1.54) is 25.7 Å². The minimum Gasteiger partial charge on any atom is -0.373 e. The molecule has 2 N–H and O–H groups in total. The zero-order valence-corrected chi connectivity index (χ0v) is 12.1. The van der Waals surface area contributed by atoms with Crippen LogP contribution in [0.15, 0.2) is 15.6 Å². The van der Waals surface area contributed by atoms with Crippen molar-refractivity contribution in [2.75, 3.05) is 31.6 Å². The lowest BCUT2D eigenvalue weighted by Gasteiger charge is -2.35. The van der Waals surface area contributed by atoms with Gasteiger partial charge in [0, 0.05) is 19.1 Å². The zero-order chi connectivity index (χ0) is 13.2. The molecule has 2 unspecified atom stereocenters. The Kier molecular flexibility index (Phi) is 3.86. The van der Waals surface area contributed by atoms with Gasteiger partial charge in [0.15, 0.2) is 0 Å². The Morgan fingerprint density at radius 1 is 1.63 bits per heavy atom. The number of anilines is 1. The Morgan fingerprint density at radius 3 is 3.42 bits per heavy atom. The van der Waals surface area contributed by atoms with E-state index in [9.17, 15) is 4.79 Å². The molecule has 0 spiro atoms. The Bertz CT molecular complexity index is 507. The van der Waals surface area contributed by atoms with E-state index in [1.54, 1.807) is 0 Å².